The van der Waals surface area contributed by atoms with E-state index >= 15 is 0 Å². The number of hydrogen-bond acceptors (Lipinski definition) is 3. The molecular formula is C11H20N2OS. The molecule has 2 heterocycles. The minimum atomic E-state index is 0.276. The highest BCUT2D eigenvalue weighted by molar-refractivity contribution is 7.99. The van der Waals surface area contributed by atoms with Crippen LogP contribution >= 0.6 is 11.8 Å². The summed E-state index contributed by atoms with van der Waals surface area (Å²) in [5, 5.41) is 6.50. The first-order valence-corrected chi connectivity index (χ1v) is 7.10. The van der Waals surface area contributed by atoms with Crippen molar-refractivity contribution in [2.24, 2.45) is 5.92 Å². The molecule has 0 bridgehead atoms. The molecule has 3 nitrogen and oxygen atoms in total. The van der Waals surface area contributed by atoms with Crippen molar-refractivity contribution in [1.82, 2.24) is 10.6 Å². The predicted octanol–water partition coefficient (Wildman–Crippen LogP) is 0.998. The SMILES string of the molecule is O=C(NCC[C@@H]1CCCN1)C1CCSC1. The highest BCUT2D eigenvalue weighted by Crippen LogP contribution is 2.23. The van der Waals surface area contributed by atoms with Crippen molar-refractivity contribution in [3.63, 3.8) is 0 Å². The Morgan fingerprint density at radius 2 is 2.40 bits per heavy atom. The second-order valence-corrected chi connectivity index (χ2v) is 5.58. The van der Waals surface area contributed by atoms with Gasteiger partial charge in [0.15, 0.2) is 0 Å². The fraction of sp³-hybridized carbons (Fsp3) is 0.909. The van der Waals surface area contributed by atoms with Crippen molar-refractivity contribution in [3.8, 4) is 0 Å². The van der Waals surface area contributed by atoms with E-state index in [4.69, 9.17) is 0 Å². The number of nitrogens with one attached hydrogen (secondary N) is 2. The van der Waals surface area contributed by atoms with E-state index in [1.54, 1.807) is 0 Å². The molecule has 86 valence electrons. The van der Waals surface area contributed by atoms with Gasteiger partial charge in [-0.15, -0.1) is 0 Å². The maximum atomic E-state index is 11.7. The summed E-state index contributed by atoms with van der Waals surface area (Å²) in [6, 6.07) is 0.642. The van der Waals surface area contributed by atoms with Crippen molar-refractivity contribution in [3.05, 3.63) is 0 Å². The van der Waals surface area contributed by atoms with Crippen molar-refractivity contribution in [1.29, 1.82) is 0 Å². The predicted molar refractivity (Wildman–Crippen MR) is 64.1 cm³/mol. The Hall–Kier alpha value is -0.220. The molecule has 4 heteroatoms. The standard InChI is InChI=1S/C11H20N2OS/c14-11(9-4-7-15-8-9)13-6-3-10-2-1-5-12-10/h9-10,12H,1-8H2,(H,13,14)/t9?,10-/m0/s1. The van der Waals surface area contributed by atoms with Crippen LogP contribution in [0.5, 0.6) is 0 Å². The lowest BCUT2D eigenvalue weighted by molar-refractivity contribution is -0.124. The Balaban J connectivity index is 1.58. The van der Waals surface area contributed by atoms with Crippen LogP contribution in [0, 0.1) is 5.92 Å². The molecule has 2 aliphatic rings. The average Bonchev–Trinajstić information content (AvgIpc) is 2.90. The number of hydrogen-bond donors (Lipinski definition) is 2. The topological polar surface area (TPSA) is 41.1 Å². The van der Waals surface area contributed by atoms with Crippen LogP contribution in [0.2, 0.25) is 0 Å². The maximum absolute atomic E-state index is 11.7. The van der Waals surface area contributed by atoms with Crippen LogP contribution in [0.4, 0.5) is 0 Å². The number of rotatable bonds is 4. The largest absolute Gasteiger partial charge is 0.356 e. The zero-order valence-corrected chi connectivity index (χ0v) is 9.94. The highest BCUT2D eigenvalue weighted by Gasteiger charge is 2.23. The van der Waals surface area contributed by atoms with Crippen LogP contribution in [-0.2, 0) is 4.79 Å². The molecular weight excluding hydrogens is 208 g/mol. The summed E-state index contributed by atoms with van der Waals surface area (Å²) in [7, 11) is 0. The molecule has 2 atom stereocenters. The second kappa shape index (κ2) is 5.75. The summed E-state index contributed by atoms with van der Waals surface area (Å²) in [6.45, 7) is 2.00. The quantitative estimate of drug-likeness (QED) is 0.754. The minimum Gasteiger partial charge on any atom is -0.356 e. The van der Waals surface area contributed by atoms with Crippen LogP contribution in [0.15, 0.2) is 0 Å². The average molecular weight is 228 g/mol. The first-order chi connectivity index (χ1) is 7.36. The first kappa shape index (κ1) is 11.3. The molecule has 0 aromatic carbocycles. The number of thioether (sulfide) groups is 1. The van der Waals surface area contributed by atoms with E-state index in [2.05, 4.69) is 10.6 Å². The van der Waals surface area contributed by atoms with Crippen LogP contribution < -0.4 is 10.6 Å². The van der Waals surface area contributed by atoms with Crippen LogP contribution in [0.25, 0.3) is 0 Å². The molecule has 2 saturated heterocycles. The van der Waals surface area contributed by atoms with E-state index in [-0.39, 0.29) is 11.8 Å². The molecule has 0 radical (unpaired) electrons. The normalized spacial score (nSPS) is 30.7. The van der Waals surface area contributed by atoms with Crippen LogP contribution in [0.1, 0.15) is 25.7 Å². The van der Waals surface area contributed by atoms with E-state index in [1.807, 2.05) is 11.8 Å². The van der Waals surface area contributed by atoms with Gasteiger partial charge in [0.2, 0.25) is 5.91 Å². The zero-order chi connectivity index (χ0) is 10.5. The number of carbonyl (C=O) groups excluding carboxylic acids is 1. The molecule has 2 fully saturated rings. The smallest absolute Gasteiger partial charge is 0.223 e. The van der Waals surface area contributed by atoms with Gasteiger partial charge in [0.05, 0.1) is 0 Å². The van der Waals surface area contributed by atoms with Gasteiger partial charge in [-0.25, -0.2) is 0 Å². The van der Waals surface area contributed by atoms with Crippen molar-refractivity contribution < 1.29 is 4.79 Å². The molecule has 0 aromatic heterocycles. The molecule has 2 rings (SSSR count). The Kier molecular flexibility index (Phi) is 4.32. The van der Waals surface area contributed by atoms with Gasteiger partial charge in [0.1, 0.15) is 0 Å². The van der Waals surface area contributed by atoms with Gasteiger partial charge in [-0.3, -0.25) is 4.79 Å². The van der Waals surface area contributed by atoms with Gasteiger partial charge in [0, 0.05) is 24.3 Å². The van der Waals surface area contributed by atoms with Crippen molar-refractivity contribution in [2.45, 2.75) is 31.7 Å². The van der Waals surface area contributed by atoms with Crippen molar-refractivity contribution in [2.75, 3.05) is 24.6 Å². The molecule has 0 aromatic rings. The molecule has 1 amide bonds. The summed E-state index contributed by atoms with van der Waals surface area (Å²) in [4.78, 5) is 11.7. The highest BCUT2D eigenvalue weighted by atomic mass is 32.2. The lowest BCUT2D eigenvalue weighted by Crippen LogP contribution is -2.34. The minimum absolute atomic E-state index is 0.276. The molecule has 0 aliphatic carbocycles. The summed E-state index contributed by atoms with van der Waals surface area (Å²) in [5.74, 6) is 2.74. The fourth-order valence-corrected chi connectivity index (χ4v) is 3.48. The molecule has 2 N–H and O–H groups in total. The van der Waals surface area contributed by atoms with E-state index in [0.29, 0.717) is 6.04 Å². The third-order valence-corrected chi connectivity index (χ3v) is 4.42. The summed E-state index contributed by atoms with van der Waals surface area (Å²) in [6.07, 6.45) is 4.72. The lowest BCUT2D eigenvalue weighted by Gasteiger charge is -2.12. The molecule has 0 saturated carbocycles. The molecule has 15 heavy (non-hydrogen) atoms. The van der Waals surface area contributed by atoms with Gasteiger partial charge in [-0.2, -0.15) is 11.8 Å². The Labute approximate surface area is 95.8 Å². The monoisotopic (exact) mass is 228 g/mol. The Bertz CT molecular complexity index is 211. The number of carbonyl (C=O) groups is 1. The van der Waals surface area contributed by atoms with Gasteiger partial charge in [-0.05, 0) is 38.0 Å². The lowest BCUT2D eigenvalue weighted by atomic mass is 10.1. The van der Waals surface area contributed by atoms with E-state index in [0.717, 1.165) is 37.4 Å². The van der Waals surface area contributed by atoms with E-state index in [9.17, 15) is 4.79 Å². The summed E-state index contributed by atoms with van der Waals surface area (Å²) < 4.78 is 0. The fourth-order valence-electron chi connectivity index (χ4n) is 2.26. The van der Waals surface area contributed by atoms with Crippen LogP contribution in [0.3, 0.4) is 0 Å². The van der Waals surface area contributed by atoms with Gasteiger partial charge in [-0.1, -0.05) is 0 Å². The molecule has 2 aliphatic heterocycles. The second-order valence-electron chi connectivity index (χ2n) is 4.43. The summed E-state index contributed by atoms with van der Waals surface area (Å²) >= 11 is 1.90. The van der Waals surface area contributed by atoms with E-state index in [1.165, 1.54) is 12.8 Å². The molecule has 1 unspecified atom stereocenters. The third-order valence-electron chi connectivity index (χ3n) is 3.25. The zero-order valence-electron chi connectivity index (χ0n) is 9.13. The Morgan fingerprint density at radius 3 is 3.07 bits per heavy atom. The van der Waals surface area contributed by atoms with Gasteiger partial charge < -0.3 is 10.6 Å². The summed E-state index contributed by atoms with van der Waals surface area (Å²) in [5.41, 5.74) is 0. The van der Waals surface area contributed by atoms with Crippen LogP contribution in [-0.4, -0.2) is 36.5 Å². The first-order valence-electron chi connectivity index (χ1n) is 5.95. The molecule has 0 spiro atoms. The third kappa shape index (κ3) is 3.38. The number of amides is 1. The maximum Gasteiger partial charge on any atom is 0.223 e. The van der Waals surface area contributed by atoms with Gasteiger partial charge in [0.25, 0.3) is 0 Å². The Morgan fingerprint density at radius 1 is 1.47 bits per heavy atom. The van der Waals surface area contributed by atoms with E-state index < -0.39 is 0 Å². The van der Waals surface area contributed by atoms with Crippen molar-refractivity contribution >= 4 is 17.7 Å². The van der Waals surface area contributed by atoms with Gasteiger partial charge >= 0.3 is 0 Å².